The molecule has 7 heteroatoms. The average Bonchev–Trinajstić information content (AvgIpc) is 3.21. The Bertz CT molecular complexity index is 549. The van der Waals surface area contributed by atoms with Crippen molar-refractivity contribution in [3.8, 4) is 0 Å². The van der Waals surface area contributed by atoms with Crippen molar-refractivity contribution in [3.63, 3.8) is 0 Å². The standard InChI is InChI=1S/C14H17ClFN3O2/c1-19(8-13(20)18-10-3-4-10)14(21)7-17-12-5-2-9(15)6-11(12)16/h2,5-6,10,17H,3-4,7-8H2,1H3,(H,18,20). The molecule has 1 aliphatic carbocycles. The Morgan fingerprint density at radius 2 is 2.14 bits per heavy atom. The fourth-order valence-corrected chi connectivity index (χ4v) is 1.90. The van der Waals surface area contributed by atoms with Crippen LogP contribution in [0.4, 0.5) is 10.1 Å². The number of nitrogens with one attached hydrogen (secondary N) is 2. The zero-order valence-corrected chi connectivity index (χ0v) is 12.4. The van der Waals surface area contributed by atoms with Gasteiger partial charge in [-0.25, -0.2) is 4.39 Å². The average molecular weight is 314 g/mol. The molecule has 1 aromatic carbocycles. The summed E-state index contributed by atoms with van der Waals surface area (Å²) in [6, 6.07) is 4.43. The van der Waals surface area contributed by atoms with Gasteiger partial charge < -0.3 is 15.5 Å². The van der Waals surface area contributed by atoms with E-state index in [4.69, 9.17) is 11.6 Å². The van der Waals surface area contributed by atoms with Crippen LogP contribution in [0.25, 0.3) is 0 Å². The molecule has 0 spiro atoms. The third-order valence-electron chi connectivity index (χ3n) is 3.11. The van der Waals surface area contributed by atoms with Crippen LogP contribution in [0.5, 0.6) is 0 Å². The smallest absolute Gasteiger partial charge is 0.242 e. The Labute approximate surface area is 127 Å². The normalized spacial score (nSPS) is 13.7. The molecule has 2 rings (SSSR count). The lowest BCUT2D eigenvalue weighted by Gasteiger charge is -2.17. The van der Waals surface area contributed by atoms with E-state index >= 15 is 0 Å². The highest BCUT2D eigenvalue weighted by Gasteiger charge is 2.24. The Kier molecular flexibility index (Phi) is 5.01. The fourth-order valence-electron chi connectivity index (χ4n) is 1.74. The van der Waals surface area contributed by atoms with Gasteiger partial charge in [-0.1, -0.05) is 11.6 Å². The van der Waals surface area contributed by atoms with Crippen molar-refractivity contribution in [2.45, 2.75) is 18.9 Å². The minimum absolute atomic E-state index is 0.000112. The van der Waals surface area contributed by atoms with E-state index in [-0.39, 0.29) is 36.6 Å². The summed E-state index contributed by atoms with van der Waals surface area (Å²) in [6.07, 6.45) is 2.00. The van der Waals surface area contributed by atoms with Crippen LogP contribution in [0, 0.1) is 5.82 Å². The number of halogens is 2. The van der Waals surface area contributed by atoms with Gasteiger partial charge in [0.25, 0.3) is 0 Å². The molecular formula is C14H17ClFN3O2. The summed E-state index contributed by atoms with van der Waals surface area (Å²) in [6.45, 7) is -0.0914. The van der Waals surface area contributed by atoms with Crippen molar-refractivity contribution in [3.05, 3.63) is 29.0 Å². The summed E-state index contributed by atoms with van der Waals surface area (Å²) >= 11 is 5.65. The van der Waals surface area contributed by atoms with E-state index in [1.807, 2.05) is 0 Å². The Morgan fingerprint density at radius 1 is 1.43 bits per heavy atom. The van der Waals surface area contributed by atoms with Crippen LogP contribution in [0.2, 0.25) is 5.02 Å². The molecule has 0 aliphatic heterocycles. The molecule has 0 atom stereocenters. The van der Waals surface area contributed by atoms with Crippen LogP contribution in [0.1, 0.15) is 12.8 Å². The molecular weight excluding hydrogens is 297 g/mol. The first-order chi connectivity index (χ1) is 9.95. The molecule has 2 amide bonds. The summed E-state index contributed by atoms with van der Waals surface area (Å²) < 4.78 is 13.5. The highest BCUT2D eigenvalue weighted by molar-refractivity contribution is 6.30. The first kappa shape index (κ1) is 15.6. The van der Waals surface area contributed by atoms with Gasteiger partial charge >= 0.3 is 0 Å². The molecule has 21 heavy (non-hydrogen) atoms. The quantitative estimate of drug-likeness (QED) is 0.839. The molecule has 1 aliphatic rings. The summed E-state index contributed by atoms with van der Waals surface area (Å²) in [5, 5.41) is 5.78. The number of carbonyl (C=O) groups excluding carboxylic acids is 2. The topological polar surface area (TPSA) is 61.4 Å². The summed E-state index contributed by atoms with van der Waals surface area (Å²) in [5.41, 5.74) is 0.198. The Hall–Kier alpha value is -1.82. The number of carbonyl (C=O) groups is 2. The summed E-state index contributed by atoms with van der Waals surface area (Å²) in [5.74, 6) is -0.995. The second-order valence-electron chi connectivity index (χ2n) is 5.07. The third kappa shape index (κ3) is 4.90. The van der Waals surface area contributed by atoms with Gasteiger partial charge in [0.2, 0.25) is 11.8 Å². The molecule has 0 unspecified atom stereocenters. The van der Waals surface area contributed by atoms with Crippen LogP contribution in [0.3, 0.4) is 0 Å². The molecule has 0 saturated heterocycles. The zero-order valence-electron chi connectivity index (χ0n) is 11.7. The van der Waals surface area contributed by atoms with E-state index in [2.05, 4.69) is 10.6 Å². The van der Waals surface area contributed by atoms with Crippen molar-refractivity contribution in [1.82, 2.24) is 10.2 Å². The summed E-state index contributed by atoms with van der Waals surface area (Å²) in [7, 11) is 1.54. The van der Waals surface area contributed by atoms with Gasteiger partial charge in [-0.15, -0.1) is 0 Å². The lowest BCUT2D eigenvalue weighted by atomic mass is 10.3. The van der Waals surface area contributed by atoms with E-state index in [9.17, 15) is 14.0 Å². The molecule has 0 heterocycles. The molecule has 1 saturated carbocycles. The van der Waals surface area contributed by atoms with E-state index in [0.29, 0.717) is 5.02 Å². The maximum Gasteiger partial charge on any atom is 0.242 e. The molecule has 114 valence electrons. The van der Waals surface area contributed by atoms with Gasteiger partial charge in [0.1, 0.15) is 5.82 Å². The SMILES string of the molecule is CN(CC(=O)NC1CC1)C(=O)CNc1ccc(Cl)cc1F. The molecule has 0 bridgehead atoms. The highest BCUT2D eigenvalue weighted by Crippen LogP contribution is 2.19. The van der Waals surface area contributed by atoms with Gasteiger partial charge in [-0.3, -0.25) is 9.59 Å². The lowest BCUT2D eigenvalue weighted by molar-refractivity contribution is -0.133. The van der Waals surface area contributed by atoms with Gasteiger partial charge in [0.15, 0.2) is 0 Å². The number of nitrogens with zero attached hydrogens (tertiary/aromatic N) is 1. The van der Waals surface area contributed by atoms with Crippen molar-refractivity contribution in [1.29, 1.82) is 0 Å². The monoisotopic (exact) mass is 313 g/mol. The number of anilines is 1. The number of benzene rings is 1. The van der Waals surface area contributed by atoms with Crippen molar-refractivity contribution < 1.29 is 14.0 Å². The fraction of sp³-hybridized carbons (Fsp3) is 0.429. The van der Waals surface area contributed by atoms with Crippen LogP contribution < -0.4 is 10.6 Å². The van der Waals surface area contributed by atoms with Crippen LogP contribution in [-0.2, 0) is 9.59 Å². The van der Waals surface area contributed by atoms with Gasteiger partial charge in [-0.05, 0) is 31.0 Å². The van der Waals surface area contributed by atoms with Gasteiger partial charge in [0.05, 0.1) is 18.8 Å². The number of rotatable bonds is 6. The maximum absolute atomic E-state index is 13.5. The Morgan fingerprint density at radius 3 is 2.76 bits per heavy atom. The predicted molar refractivity (Wildman–Crippen MR) is 78.7 cm³/mol. The Balaban J connectivity index is 1.78. The highest BCUT2D eigenvalue weighted by atomic mass is 35.5. The van der Waals surface area contributed by atoms with Crippen LogP contribution >= 0.6 is 11.6 Å². The number of hydrogen-bond donors (Lipinski definition) is 2. The van der Waals surface area contributed by atoms with Crippen LogP contribution in [0.15, 0.2) is 18.2 Å². The molecule has 0 radical (unpaired) electrons. The largest absolute Gasteiger partial charge is 0.374 e. The zero-order chi connectivity index (χ0) is 15.4. The van der Waals surface area contributed by atoms with E-state index < -0.39 is 5.82 Å². The molecule has 5 nitrogen and oxygen atoms in total. The molecule has 1 aromatic rings. The van der Waals surface area contributed by atoms with Crippen molar-refractivity contribution in [2.24, 2.45) is 0 Å². The predicted octanol–water partition coefficient (Wildman–Crippen LogP) is 1.63. The van der Waals surface area contributed by atoms with Gasteiger partial charge in [-0.2, -0.15) is 0 Å². The first-order valence-electron chi connectivity index (χ1n) is 6.68. The number of likely N-dealkylation sites (N-methyl/N-ethyl adjacent to an activating group) is 1. The summed E-state index contributed by atoms with van der Waals surface area (Å²) in [4.78, 5) is 24.7. The third-order valence-corrected chi connectivity index (χ3v) is 3.35. The second-order valence-corrected chi connectivity index (χ2v) is 5.51. The van der Waals surface area contributed by atoms with Gasteiger partial charge in [0, 0.05) is 18.1 Å². The number of amides is 2. The molecule has 2 N–H and O–H groups in total. The van der Waals surface area contributed by atoms with E-state index in [0.717, 1.165) is 12.8 Å². The minimum atomic E-state index is -0.524. The molecule has 0 aromatic heterocycles. The van der Waals surface area contributed by atoms with Crippen molar-refractivity contribution >= 4 is 29.1 Å². The van der Waals surface area contributed by atoms with E-state index in [1.54, 1.807) is 0 Å². The van der Waals surface area contributed by atoms with E-state index in [1.165, 1.54) is 30.1 Å². The van der Waals surface area contributed by atoms with Crippen molar-refractivity contribution in [2.75, 3.05) is 25.5 Å². The van der Waals surface area contributed by atoms with Crippen LogP contribution in [-0.4, -0.2) is 42.9 Å². The number of hydrogen-bond acceptors (Lipinski definition) is 3. The maximum atomic E-state index is 13.5. The second kappa shape index (κ2) is 6.76. The molecule has 1 fully saturated rings. The minimum Gasteiger partial charge on any atom is -0.374 e. The first-order valence-corrected chi connectivity index (χ1v) is 7.06. The lowest BCUT2D eigenvalue weighted by Crippen LogP contribution is -2.41.